The molecule has 2 nitrogen and oxygen atoms in total. The normalized spacial score (nSPS) is 11.8. The fourth-order valence-electron chi connectivity index (χ4n) is 3.07. The van der Waals surface area contributed by atoms with Crippen molar-refractivity contribution in [1.29, 1.82) is 0 Å². The van der Waals surface area contributed by atoms with E-state index in [2.05, 4.69) is 5.32 Å². The predicted octanol–water partition coefficient (Wildman–Crippen LogP) is 5.43. The molecule has 160 valence electrons. The third-order valence-electron chi connectivity index (χ3n) is 4.61. The minimum Gasteiger partial charge on any atom is -0.379 e. The van der Waals surface area contributed by atoms with Crippen LogP contribution in [0.25, 0.3) is 0 Å². The molecule has 30 heavy (non-hydrogen) atoms. The maximum absolute atomic E-state index is 13.3. The summed E-state index contributed by atoms with van der Waals surface area (Å²) in [6.45, 7) is -0.0187. The molecule has 0 aliphatic heterocycles. The standard InChI is InChI=1S/C22H18F5NO.ClH/c23-19-8-4-16(5-9-19)21(29,17-6-10-20(24)11-7-17)14-28-13-15-2-1-3-18(12-15)22(25,26)27;/h1-12,28-29H,13-14H2;1H. The van der Waals surface area contributed by atoms with Crippen LogP contribution in [0.1, 0.15) is 22.3 Å². The molecule has 0 aliphatic carbocycles. The fourth-order valence-corrected chi connectivity index (χ4v) is 3.07. The SMILES string of the molecule is Cl.OC(CNCc1cccc(C(F)(F)F)c1)(c1ccc(F)cc1)c1ccc(F)cc1. The van der Waals surface area contributed by atoms with Crippen molar-refractivity contribution in [2.24, 2.45) is 0 Å². The first-order valence-corrected chi connectivity index (χ1v) is 8.80. The molecular formula is C22H19ClF5NO. The first kappa shape index (κ1) is 23.8. The van der Waals surface area contributed by atoms with E-state index in [1.165, 1.54) is 60.7 Å². The Morgan fingerprint density at radius 2 is 1.23 bits per heavy atom. The van der Waals surface area contributed by atoms with Gasteiger partial charge in [0.1, 0.15) is 17.2 Å². The maximum Gasteiger partial charge on any atom is 0.416 e. The lowest BCUT2D eigenvalue weighted by atomic mass is 9.86. The summed E-state index contributed by atoms with van der Waals surface area (Å²) in [4.78, 5) is 0. The molecule has 8 heteroatoms. The highest BCUT2D eigenvalue weighted by molar-refractivity contribution is 5.85. The highest BCUT2D eigenvalue weighted by Gasteiger charge is 2.32. The molecule has 0 unspecified atom stereocenters. The van der Waals surface area contributed by atoms with Gasteiger partial charge in [0.25, 0.3) is 0 Å². The van der Waals surface area contributed by atoms with E-state index in [1.807, 2.05) is 0 Å². The summed E-state index contributed by atoms with van der Waals surface area (Å²) in [5, 5.41) is 14.3. The summed E-state index contributed by atoms with van der Waals surface area (Å²) in [6, 6.07) is 15.3. The Balaban J connectivity index is 0.00000320. The van der Waals surface area contributed by atoms with Crippen molar-refractivity contribution >= 4 is 12.4 Å². The van der Waals surface area contributed by atoms with Crippen molar-refractivity contribution in [3.05, 3.63) is 107 Å². The molecule has 3 aromatic rings. The van der Waals surface area contributed by atoms with Crippen LogP contribution in [0.5, 0.6) is 0 Å². The largest absolute Gasteiger partial charge is 0.416 e. The van der Waals surface area contributed by atoms with Crippen molar-refractivity contribution in [3.63, 3.8) is 0 Å². The molecule has 3 rings (SSSR count). The van der Waals surface area contributed by atoms with E-state index in [4.69, 9.17) is 0 Å². The topological polar surface area (TPSA) is 32.3 Å². The van der Waals surface area contributed by atoms with Crippen LogP contribution in [-0.2, 0) is 18.3 Å². The number of nitrogens with one attached hydrogen (secondary N) is 1. The van der Waals surface area contributed by atoms with Crippen molar-refractivity contribution in [1.82, 2.24) is 5.32 Å². The highest BCUT2D eigenvalue weighted by atomic mass is 35.5. The van der Waals surface area contributed by atoms with Crippen molar-refractivity contribution < 1.29 is 27.1 Å². The van der Waals surface area contributed by atoms with Gasteiger partial charge in [0.2, 0.25) is 0 Å². The third kappa shape index (κ3) is 5.56. The number of rotatable bonds is 6. The van der Waals surface area contributed by atoms with E-state index in [-0.39, 0.29) is 25.5 Å². The molecule has 3 aromatic carbocycles. The van der Waals surface area contributed by atoms with Gasteiger partial charge in [-0.3, -0.25) is 0 Å². The van der Waals surface area contributed by atoms with Crippen LogP contribution in [0.15, 0.2) is 72.8 Å². The van der Waals surface area contributed by atoms with Gasteiger partial charge >= 0.3 is 6.18 Å². The Bertz CT molecular complexity index is 913. The van der Waals surface area contributed by atoms with E-state index >= 15 is 0 Å². The molecule has 0 aromatic heterocycles. The van der Waals surface area contributed by atoms with Gasteiger partial charge in [-0.25, -0.2) is 8.78 Å². The van der Waals surface area contributed by atoms with Crippen LogP contribution in [0.4, 0.5) is 22.0 Å². The molecule has 2 N–H and O–H groups in total. The lowest BCUT2D eigenvalue weighted by Gasteiger charge is -2.30. The van der Waals surface area contributed by atoms with Crippen LogP contribution in [0, 0.1) is 11.6 Å². The van der Waals surface area contributed by atoms with Gasteiger partial charge in [-0.15, -0.1) is 12.4 Å². The quantitative estimate of drug-likeness (QED) is 0.498. The molecule has 0 spiro atoms. The molecule has 0 saturated heterocycles. The monoisotopic (exact) mass is 443 g/mol. The van der Waals surface area contributed by atoms with Gasteiger partial charge in [-0.1, -0.05) is 42.5 Å². The maximum atomic E-state index is 13.3. The summed E-state index contributed by atoms with van der Waals surface area (Å²) >= 11 is 0. The molecule has 0 saturated carbocycles. The number of hydrogen-bond acceptors (Lipinski definition) is 2. The summed E-state index contributed by atoms with van der Waals surface area (Å²) < 4.78 is 65.2. The number of aliphatic hydroxyl groups is 1. The third-order valence-corrected chi connectivity index (χ3v) is 4.61. The van der Waals surface area contributed by atoms with Crippen LogP contribution in [-0.4, -0.2) is 11.7 Å². The highest BCUT2D eigenvalue weighted by Crippen LogP contribution is 2.31. The Morgan fingerprint density at radius 1 is 0.733 bits per heavy atom. The van der Waals surface area contributed by atoms with Gasteiger partial charge in [0, 0.05) is 13.1 Å². The zero-order chi connectivity index (χ0) is 21.1. The van der Waals surface area contributed by atoms with Gasteiger partial charge in [0.05, 0.1) is 5.56 Å². The number of hydrogen-bond donors (Lipinski definition) is 2. The second-order valence-electron chi connectivity index (χ2n) is 6.68. The van der Waals surface area contributed by atoms with E-state index in [9.17, 15) is 27.1 Å². The van der Waals surface area contributed by atoms with E-state index < -0.39 is 29.0 Å². The number of halogens is 6. The van der Waals surface area contributed by atoms with Crippen LogP contribution < -0.4 is 5.32 Å². The smallest absolute Gasteiger partial charge is 0.379 e. The number of benzene rings is 3. The summed E-state index contributed by atoms with van der Waals surface area (Å²) in [5.41, 5.74) is -1.28. The lowest BCUT2D eigenvalue weighted by molar-refractivity contribution is -0.137. The first-order valence-electron chi connectivity index (χ1n) is 8.80. The van der Waals surface area contributed by atoms with Crippen molar-refractivity contribution in [3.8, 4) is 0 Å². The average molecular weight is 444 g/mol. The molecule has 0 radical (unpaired) electrons. The molecule has 0 fully saturated rings. The molecule has 0 atom stereocenters. The van der Waals surface area contributed by atoms with Gasteiger partial charge in [-0.2, -0.15) is 13.2 Å². The Labute approximate surface area is 176 Å². The van der Waals surface area contributed by atoms with E-state index in [0.29, 0.717) is 16.7 Å². The van der Waals surface area contributed by atoms with Crippen molar-refractivity contribution in [2.45, 2.75) is 18.3 Å². The van der Waals surface area contributed by atoms with Crippen LogP contribution in [0.3, 0.4) is 0 Å². The van der Waals surface area contributed by atoms with Gasteiger partial charge in [0.15, 0.2) is 0 Å². The van der Waals surface area contributed by atoms with Gasteiger partial charge in [-0.05, 0) is 47.0 Å². The molecule has 0 bridgehead atoms. The van der Waals surface area contributed by atoms with E-state index in [0.717, 1.165) is 12.1 Å². The molecular weight excluding hydrogens is 425 g/mol. The summed E-state index contributed by atoms with van der Waals surface area (Å²) in [7, 11) is 0. The molecule has 0 amide bonds. The van der Waals surface area contributed by atoms with Gasteiger partial charge < -0.3 is 10.4 Å². The summed E-state index contributed by atoms with van der Waals surface area (Å²) in [6.07, 6.45) is -4.45. The average Bonchev–Trinajstić information content (AvgIpc) is 2.68. The second-order valence-corrected chi connectivity index (χ2v) is 6.68. The van der Waals surface area contributed by atoms with Crippen LogP contribution >= 0.6 is 12.4 Å². The molecule has 0 heterocycles. The lowest BCUT2D eigenvalue weighted by Crippen LogP contribution is -2.39. The number of alkyl halides is 3. The minimum atomic E-state index is -4.45. The minimum absolute atomic E-state index is 0. The Kier molecular flexibility index (Phi) is 7.58. The first-order chi connectivity index (χ1) is 13.7. The van der Waals surface area contributed by atoms with Crippen molar-refractivity contribution in [2.75, 3.05) is 6.54 Å². The zero-order valence-electron chi connectivity index (χ0n) is 15.6. The summed E-state index contributed by atoms with van der Waals surface area (Å²) in [5.74, 6) is -0.959. The Morgan fingerprint density at radius 3 is 1.70 bits per heavy atom. The second kappa shape index (κ2) is 9.55. The Hall–Kier alpha value is -2.48. The predicted molar refractivity (Wildman–Crippen MR) is 106 cm³/mol. The van der Waals surface area contributed by atoms with Crippen LogP contribution in [0.2, 0.25) is 0 Å². The van der Waals surface area contributed by atoms with E-state index in [1.54, 1.807) is 0 Å². The fraction of sp³-hybridized carbons (Fsp3) is 0.182. The molecule has 0 aliphatic rings. The zero-order valence-corrected chi connectivity index (χ0v) is 16.4.